The number of nitrogens with one attached hydrogen (secondary N) is 1. The van der Waals surface area contributed by atoms with Crippen molar-refractivity contribution in [2.24, 2.45) is 0 Å². The predicted molar refractivity (Wildman–Crippen MR) is 84.0 cm³/mol. The van der Waals surface area contributed by atoms with Crippen molar-refractivity contribution >= 4 is 33.9 Å². The number of halogens is 3. The Bertz CT molecular complexity index is 659. The van der Waals surface area contributed by atoms with Crippen molar-refractivity contribution in [3.05, 3.63) is 34.3 Å². The summed E-state index contributed by atoms with van der Waals surface area (Å²) < 4.78 is 34.3. The molecule has 0 atom stereocenters. The minimum Gasteiger partial charge on any atom is -0.452 e. The molecule has 0 heterocycles. The van der Waals surface area contributed by atoms with Crippen LogP contribution in [0.1, 0.15) is 12.0 Å². The number of esters is 1. The second-order valence-corrected chi connectivity index (χ2v) is 5.18. The summed E-state index contributed by atoms with van der Waals surface area (Å²) in [5.74, 6) is -1.48. The fraction of sp³-hybridized carbons (Fsp3) is 0.267. The highest BCUT2D eigenvalue weighted by atomic mass is 79.9. The second-order valence-electron chi connectivity index (χ2n) is 4.26. The molecule has 0 aromatic heterocycles. The Morgan fingerprint density at radius 1 is 1.42 bits per heavy atom. The summed E-state index contributed by atoms with van der Waals surface area (Å²) >= 11 is 3.18. The minimum absolute atomic E-state index is 0.105. The van der Waals surface area contributed by atoms with Crippen LogP contribution < -0.4 is 10.1 Å². The molecule has 0 aliphatic carbocycles. The van der Waals surface area contributed by atoms with Crippen LogP contribution in [0.15, 0.2) is 28.7 Å². The Kier molecular flexibility index (Phi) is 8.43. The molecule has 128 valence electrons. The van der Waals surface area contributed by atoms with Gasteiger partial charge in [-0.15, -0.1) is 0 Å². The molecule has 0 saturated carbocycles. The first-order chi connectivity index (χ1) is 11.4. The number of alkyl halides is 2. The highest BCUT2D eigenvalue weighted by Gasteiger charge is 2.09. The van der Waals surface area contributed by atoms with E-state index in [0.29, 0.717) is 4.47 Å². The zero-order valence-electron chi connectivity index (χ0n) is 12.3. The van der Waals surface area contributed by atoms with Crippen molar-refractivity contribution in [2.45, 2.75) is 13.0 Å². The van der Waals surface area contributed by atoms with Crippen molar-refractivity contribution < 1.29 is 27.8 Å². The van der Waals surface area contributed by atoms with Gasteiger partial charge in [0.1, 0.15) is 5.75 Å². The van der Waals surface area contributed by atoms with E-state index in [1.807, 2.05) is 6.07 Å². The molecular weight excluding hydrogens is 390 g/mol. The third kappa shape index (κ3) is 7.69. The van der Waals surface area contributed by atoms with E-state index in [4.69, 9.17) is 5.26 Å². The largest absolute Gasteiger partial charge is 0.452 e. The predicted octanol–water partition coefficient (Wildman–Crippen LogP) is 2.64. The topological polar surface area (TPSA) is 88.4 Å². The average molecular weight is 403 g/mol. The van der Waals surface area contributed by atoms with Crippen molar-refractivity contribution in [3.63, 3.8) is 0 Å². The van der Waals surface area contributed by atoms with Gasteiger partial charge in [0.05, 0.1) is 12.5 Å². The molecule has 1 aromatic rings. The molecule has 0 bridgehead atoms. The third-order valence-electron chi connectivity index (χ3n) is 2.49. The van der Waals surface area contributed by atoms with Crippen LogP contribution in [0.25, 0.3) is 6.08 Å². The zero-order valence-corrected chi connectivity index (χ0v) is 13.9. The molecule has 0 spiro atoms. The quantitative estimate of drug-likeness (QED) is 0.410. The maximum atomic E-state index is 12.3. The molecule has 1 N–H and O–H groups in total. The maximum Gasteiger partial charge on any atom is 0.387 e. The molecule has 1 rings (SSSR count). The van der Waals surface area contributed by atoms with Crippen molar-refractivity contribution in [1.82, 2.24) is 5.32 Å². The lowest BCUT2D eigenvalue weighted by molar-refractivity contribution is -0.143. The van der Waals surface area contributed by atoms with E-state index in [-0.39, 0.29) is 24.3 Å². The number of amides is 1. The summed E-state index contributed by atoms with van der Waals surface area (Å²) in [5, 5.41) is 10.7. The Hall–Kier alpha value is -2.47. The molecule has 0 radical (unpaired) electrons. The molecule has 0 unspecified atom stereocenters. The number of carbonyl (C=O) groups is 2. The lowest BCUT2D eigenvalue weighted by Crippen LogP contribution is -2.29. The molecule has 9 heteroatoms. The first kappa shape index (κ1) is 19.6. The molecule has 0 aliphatic heterocycles. The molecule has 0 aliphatic rings. The molecule has 6 nitrogen and oxygen atoms in total. The lowest BCUT2D eigenvalue weighted by atomic mass is 10.2. The second kappa shape index (κ2) is 10.3. The van der Waals surface area contributed by atoms with Crippen molar-refractivity contribution in [1.29, 1.82) is 5.26 Å². The standard InChI is InChI=1S/C15H13BrF2N2O4/c16-11-3-4-12(24-15(17)18)10(8-11)2-5-14(22)23-9-13(21)20-7-1-6-19/h2-5,8,15H,1,7,9H2,(H,20,21)/b5-2+. The number of benzene rings is 1. The fourth-order valence-corrected chi connectivity index (χ4v) is 1.88. The Morgan fingerprint density at radius 2 is 2.17 bits per heavy atom. The number of carbonyl (C=O) groups excluding carboxylic acids is 2. The van der Waals surface area contributed by atoms with Gasteiger partial charge in [0.25, 0.3) is 5.91 Å². The first-order valence-corrected chi connectivity index (χ1v) is 7.44. The summed E-state index contributed by atoms with van der Waals surface area (Å²) in [6.45, 7) is -3.34. The van der Waals surface area contributed by atoms with Crippen LogP contribution in [0.2, 0.25) is 0 Å². The van der Waals surface area contributed by atoms with Crippen LogP contribution in [0.3, 0.4) is 0 Å². The minimum atomic E-state index is -3.00. The molecule has 1 amide bonds. The van der Waals surface area contributed by atoms with E-state index < -0.39 is 25.1 Å². The number of hydrogen-bond acceptors (Lipinski definition) is 5. The number of nitriles is 1. The van der Waals surface area contributed by atoms with E-state index >= 15 is 0 Å². The van der Waals surface area contributed by atoms with Crippen molar-refractivity contribution in [2.75, 3.05) is 13.2 Å². The van der Waals surface area contributed by atoms with Gasteiger partial charge in [-0.3, -0.25) is 4.79 Å². The van der Waals surface area contributed by atoms with Gasteiger partial charge in [0, 0.05) is 22.7 Å². The summed E-state index contributed by atoms with van der Waals surface area (Å²) in [7, 11) is 0. The fourth-order valence-electron chi connectivity index (χ4n) is 1.50. The number of ether oxygens (including phenoxy) is 2. The Labute approximate surface area is 145 Å². The van der Waals surface area contributed by atoms with Crippen LogP contribution >= 0.6 is 15.9 Å². The molecule has 24 heavy (non-hydrogen) atoms. The number of rotatable bonds is 8. The summed E-state index contributed by atoms with van der Waals surface area (Å²) in [4.78, 5) is 22.8. The number of nitrogens with zero attached hydrogens (tertiary/aromatic N) is 1. The van der Waals surface area contributed by atoms with Gasteiger partial charge in [-0.1, -0.05) is 15.9 Å². The van der Waals surface area contributed by atoms with Gasteiger partial charge >= 0.3 is 12.6 Å². The van der Waals surface area contributed by atoms with Gasteiger partial charge in [-0.2, -0.15) is 14.0 Å². The highest BCUT2D eigenvalue weighted by Crippen LogP contribution is 2.25. The van der Waals surface area contributed by atoms with E-state index in [1.165, 1.54) is 24.3 Å². The van der Waals surface area contributed by atoms with Crippen LogP contribution in [-0.4, -0.2) is 31.6 Å². The smallest absolute Gasteiger partial charge is 0.387 e. The van der Waals surface area contributed by atoms with Crippen LogP contribution in [-0.2, 0) is 14.3 Å². The Morgan fingerprint density at radius 3 is 2.83 bits per heavy atom. The number of hydrogen-bond donors (Lipinski definition) is 1. The lowest BCUT2D eigenvalue weighted by Gasteiger charge is -2.08. The zero-order chi connectivity index (χ0) is 17.9. The van der Waals surface area contributed by atoms with Crippen molar-refractivity contribution in [3.8, 4) is 11.8 Å². The van der Waals surface area contributed by atoms with Gasteiger partial charge in [-0.05, 0) is 24.3 Å². The molecule has 0 saturated heterocycles. The summed E-state index contributed by atoms with van der Waals surface area (Å²) in [6.07, 6.45) is 2.37. The normalized spacial score (nSPS) is 10.5. The third-order valence-corrected chi connectivity index (χ3v) is 2.98. The van der Waals surface area contributed by atoms with Crippen LogP contribution in [0, 0.1) is 11.3 Å². The summed E-state index contributed by atoms with van der Waals surface area (Å²) in [5.41, 5.74) is 0.236. The average Bonchev–Trinajstić information content (AvgIpc) is 2.53. The Balaban J connectivity index is 2.59. The van der Waals surface area contributed by atoms with E-state index in [9.17, 15) is 18.4 Å². The van der Waals surface area contributed by atoms with Gasteiger partial charge in [-0.25, -0.2) is 4.79 Å². The van der Waals surface area contributed by atoms with E-state index in [1.54, 1.807) is 0 Å². The van der Waals surface area contributed by atoms with Crippen LogP contribution in [0.5, 0.6) is 5.75 Å². The molecule has 0 fully saturated rings. The monoisotopic (exact) mass is 402 g/mol. The van der Waals surface area contributed by atoms with E-state index in [0.717, 1.165) is 6.08 Å². The SMILES string of the molecule is N#CCCNC(=O)COC(=O)/C=C/c1cc(Br)ccc1OC(F)F. The maximum absolute atomic E-state index is 12.3. The first-order valence-electron chi connectivity index (χ1n) is 6.65. The van der Waals surface area contributed by atoms with Crippen LogP contribution in [0.4, 0.5) is 8.78 Å². The van der Waals surface area contributed by atoms with Gasteiger partial charge in [0.15, 0.2) is 6.61 Å². The van der Waals surface area contributed by atoms with E-state index in [2.05, 4.69) is 30.7 Å². The van der Waals surface area contributed by atoms with Gasteiger partial charge in [0.2, 0.25) is 0 Å². The highest BCUT2D eigenvalue weighted by molar-refractivity contribution is 9.10. The summed E-state index contributed by atoms with van der Waals surface area (Å²) in [6, 6.07) is 6.17. The molecular formula is C15H13BrF2N2O4. The van der Waals surface area contributed by atoms with Gasteiger partial charge < -0.3 is 14.8 Å². The molecule has 1 aromatic carbocycles.